The molecule has 0 spiro atoms. The molecule has 4 rings (SSSR count). The smallest absolute Gasteiger partial charge is 0.264 e. The Morgan fingerprint density at radius 1 is 1.00 bits per heavy atom. The number of hydrogen-bond donors (Lipinski definition) is 0. The zero-order chi connectivity index (χ0) is 24.5. The Labute approximate surface area is 212 Å². The summed E-state index contributed by atoms with van der Waals surface area (Å²) in [5, 5.41) is 0. The van der Waals surface area contributed by atoms with Gasteiger partial charge in [0.05, 0.1) is 10.6 Å². The van der Waals surface area contributed by atoms with Crippen LogP contribution in [0.15, 0.2) is 76.1 Å². The van der Waals surface area contributed by atoms with Crippen molar-refractivity contribution < 1.29 is 8.42 Å². The van der Waals surface area contributed by atoms with Gasteiger partial charge in [-0.3, -0.25) is 4.31 Å². The SMILES string of the molecule is CCCC/C=C1/c2ccccc2C(c2c(C)cc(C)cc2C)CN1S(=O)(=O)c1ccc(Br)cc1. The minimum Gasteiger partial charge on any atom is -0.265 e. The normalized spacial score (nSPS) is 17.1. The van der Waals surface area contributed by atoms with Gasteiger partial charge in [0, 0.05) is 22.5 Å². The molecule has 3 aromatic rings. The fourth-order valence-corrected chi connectivity index (χ4v) is 6.91. The van der Waals surface area contributed by atoms with Gasteiger partial charge < -0.3 is 0 Å². The zero-order valence-electron chi connectivity index (χ0n) is 20.3. The Morgan fingerprint density at radius 3 is 2.29 bits per heavy atom. The predicted molar refractivity (Wildman–Crippen MR) is 144 cm³/mol. The largest absolute Gasteiger partial charge is 0.265 e. The second-order valence-electron chi connectivity index (χ2n) is 9.17. The maximum absolute atomic E-state index is 14.0. The van der Waals surface area contributed by atoms with E-state index in [1.165, 1.54) is 27.8 Å². The predicted octanol–water partition coefficient (Wildman–Crippen LogP) is 7.74. The van der Waals surface area contributed by atoms with E-state index in [-0.39, 0.29) is 5.92 Å². The highest BCUT2D eigenvalue weighted by Gasteiger charge is 2.37. The third-order valence-corrected chi connectivity index (χ3v) is 8.94. The molecular formula is C29H32BrNO2S. The van der Waals surface area contributed by atoms with E-state index in [0.717, 1.165) is 35.0 Å². The van der Waals surface area contributed by atoms with Gasteiger partial charge in [-0.1, -0.05) is 77.3 Å². The topological polar surface area (TPSA) is 37.4 Å². The van der Waals surface area contributed by atoms with Crippen LogP contribution in [-0.2, 0) is 10.0 Å². The molecule has 3 nitrogen and oxygen atoms in total. The molecule has 1 aliphatic heterocycles. The highest BCUT2D eigenvalue weighted by Crippen LogP contribution is 2.43. The number of halogens is 1. The molecule has 0 saturated heterocycles. The van der Waals surface area contributed by atoms with Gasteiger partial charge in [-0.2, -0.15) is 0 Å². The number of hydrogen-bond acceptors (Lipinski definition) is 2. The van der Waals surface area contributed by atoms with Gasteiger partial charge in [-0.15, -0.1) is 0 Å². The number of unbranched alkanes of at least 4 members (excludes halogenated alkanes) is 2. The molecule has 5 heteroatoms. The lowest BCUT2D eigenvalue weighted by Gasteiger charge is -2.38. The Kier molecular flexibility index (Phi) is 7.34. The summed E-state index contributed by atoms with van der Waals surface area (Å²) >= 11 is 3.43. The monoisotopic (exact) mass is 537 g/mol. The van der Waals surface area contributed by atoms with E-state index in [0.29, 0.717) is 11.4 Å². The molecule has 0 aliphatic carbocycles. The van der Waals surface area contributed by atoms with E-state index in [2.05, 4.69) is 80.0 Å². The maximum atomic E-state index is 14.0. The Hall–Kier alpha value is -2.37. The van der Waals surface area contributed by atoms with Crippen molar-refractivity contribution in [2.45, 2.75) is 57.8 Å². The van der Waals surface area contributed by atoms with E-state index >= 15 is 0 Å². The molecule has 0 radical (unpaired) electrons. The highest BCUT2D eigenvalue weighted by atomic mass is 79.9. The minimum absolute atomic E-state index is 0.0367. The van der Waals surface area contributed by atoms with Crippen LogP contribution in [0.3, 0.4) is 0 Å². The Balaban J connectivity index is 1.93. The fraction of sp³-hybridized carbons (Fsp3) is 0.310. The van der Waals surface area contributed by atoms with Gasteiger partial charge in [0.15, 0.2) is 0 Å². The van der Waals surface area contributed by atoms with Crippen molar-refractivity contribution >= 4 is 31.7 Å². The van der Waals surface area contributed by atoms with Crippen LogP contribution in [0.4, 0.5) is 0 Å². The summed E-state index contributed by atoms with van der Waals surface area (Å²) in [5.41, 5.74) is 7.86. The number of fused-ring (bicyclic) bond motifs is 1. The summed E-state index contributed by atoms with van der Waals surface area (Å²) in [5.74, 6) is -0.0367. The summed E-state index contributed by atoms with van der Waals surface area (Å²) < 4.78 is 30.6. The van der Waals surface area contributed by atoms with E-state index in [1.54, 1.807) is 28.6 Å². The molecule has 0 saturated carbocycles. The summed E-state index contributed by atoms with van der Waals surface area (Å²) in [7, 11) is -3.74. The number of aryl methyl sites for hydroxylation is 3. The van der Waals surface area contributed by atoms with Crippen LogP contribution in [-0.4, -0.2) is 19.3 Å². The van der Waals surface area contributed by atoms with Gasteiger partial charge in [-0.05, 0) is 80.1 Å². The minimum atomic E-state index is -3.74. The van der Waals surface area contributed by atoms with Crippen molar-refractivity contribution in [2.24, 2.45) is 0 Å². The summed E-state index contributed by atoms with van der Waals surface area (Å²) in [6.07, 6.45) is 5.05. The Morgan fingerprint density at radius 2 is 1.65 bits per heavy atom. The number of sulfonamides is 1. The standard InChI is InChI=1S/C29H32BrNO2S/c1-5-6-7-12-28-26-11-9-8-10-25(26)27(29-21(3)17-20(2)18-22(29)4)19-31(28)34(32,33)24-15-13-23(30)14-16-24/h8-18,27H,5-7,19H2,1-4H3/b28-12-. The van der Waals surface area contributed by atoms with Crippen molar-refractivity contribution in [3.05, 3.63) is 105 Å². The lowest BCUT2D eigenvalue weighted by Crippen LogP contribution is -2.38. The first-order valence-corrected chi connectivity index (χ1v) is 14.1. The van der Waals surface area contributed by atoms with E-state index in [1.807, 2.05) is 6.07 Å². The van der Waals surface area contributed by atoms with Gasteiger partial charge >= 0.3 is 0 Å². The first kappa shape index (κ1) is 24.7. The van der Waals surface area contributed by atoms with Crippen molar-refractivity contribution in [1.82, 2.24) is 4.31 Å². The molecule has 3 aromatic carbocycles. The highest BCUT2D eigenvalue weighted by molar-refractivity contribution is 9.10. The van der Waals surface area contributed by atoms with Crippen molar-refractivity contribution in [3.8, 4) is 0 Å². The Bertz CT molecular complexity index is 1300. The molecular weight excluding hydrogens is 506 g/mol. The number of rotatable bonds is 6. The van der Waals surface area contributed by atoms with Gasteiger partial charge in [0.25, 0.3) is 10.0 Å². The molecule has 0 N–H and O–H groups in total. The van der Waals surface area contributed by atoms with E-state index in [9.17, 15) is 8.42 Å². The zero-order valence-corrected chi connectivity index (χ0v) is 22.7. The van der Waals surface area contributed by atoms with Crippen molar-refractivity contribution in [1.29, 1.82) is 0 Å². The number of benzene rings is 3. The van der Waals surface area contributed by atoms with Crippen molar-refractivity contribution in [3.63, 3.8) is 0 Å². The molecule has 0 fully saturated rings. The fourth-order valence-electron chi connectivity index (χ4n) is 5.13. The first-order chi connectivity index (χ1) is 16.2. The molecule has 0 bridgehead atoms. The second-order valence-corrected chi connectivity index (χ2v) is 12.0. The molecule has 0 amide bonds. The van der Waals surface area contributed by atoms with Gasteiger partial charge in [-0.25, -0.2) is 8.42 Å². The maximum Gasteiger partial charge on any atom is 0.264 e. The molecule has 1 unspecified atom stereocenters. The van der Waals surface area contributed by atoms with Crippen LogP contribution in [0.25, 0.3) is 5.70 Å². The van der Waals surface area contributed by atoms with E-state index < -0.39 is 10.0 Å². The van der Waals surface area contributed by atoms with Gasteiger partial charge in [0.1, 0.15) is 0 Å². The van der Waals surface area contributed by atoms with Crippen LogP contribution in [0, 0.1) is 20.8 Å². The average molecular weight is 539 g/mol. The van der Waals surface area contributed by atoms with Crippen LogP contribution in [0.2, 0.25) is 0 Å². The van der Waals surface area contributed by atoms with Gasteiger partial charge in [0.2, 0.25) is 0 Å². The molecule has 1 heterocycles. The molecule has 1 atom stereocenters. The van der Waals surface area contributed by atoms with Crippen LogP contribution in [0.1, 0.15) is 65.5 Å². The summed E-state index contributed by atoms with van der Waals surface area (Å²) in [6.45, 7) is 8.93. The number of nitrogens with zero attached hydrogens (tertiary/aromatic N) is 1. The summed E-state index contributed by atoms with van der Waals surface area (Å²) in [6, 6.07) is 19.6. The first-order valence-electron chi connectivity index (χ1n) is 11.9. The second kappa shape index (κ2) is 10.1. The van der Waals surface area contributed by atoms with Crippen molar-refractivity contribution in [2.75, 3.05) is 6.54 Å². The lowest BCUT2D eigenvalue weighted by molar-refractivity contribution is 0.481. The molecule has 34 heavy (non-hydrogen) atoms. The average Bonchev–Trinajstić information content (AvgIpc) is 2.79. The number of allylic oxidation sites excluding steroid dienone is 1. The quantitative estimate of drug-likeness (QED) is 0.301. The third kappa shape index (κ3) is 4.73. The summed E-state index contributed by atoms with van der Waals surface area (Å²) in [4.78, 5) is 0.313. The van der Waals surface area contributed by atoms with E-state index in [4.69, 9.17) is 0 Å². The van der Waals surface area contributed by atoms with Crippen LogP contribution < -0.4 is 0 Å². The van der Waals surface area contributed by atoms with Crippen LogP contribution in [0.5, 0.6) is 0 Å². The lowest BCUT2D eigenvalue weighted by atomic mass is 9.80. The van der Waals surface area contributed by atoms with Crippen LogP contribution >= 0.6 is 15.9 Å². The third-order valence-electron chi connectivity index (χ3n) is 6.61. The molecule has 1 aliphatic rings. The molecule has 178 valence electrons. The molecule has 0 aromatic heterocycles.